The van der Waals surface area contributed by atoms with E-state index in [1.54, 1.807) is 0 Å². The Balaban J connectivity index is 2.46. The molecule has 0 aliphatic heterocycles. The van der Waals surface area contributed by atoms with Gasteiger partial charge in [0.2, 0.25) is 0 Å². The minimum atomic E-state index is -0.234. The normalized spacial score (nSPS) is 41.5. The van der Waals surface area contributed by atoms with E-state index in [-0.39, 0.29) is 16.9 Å². The quantitative estimate of drug-likeness (QED) is 0.565. The summed E-state index contributed by atoms with van der Waals surface area (Å²) in [6.45, 7) is 6.75. The van der Waals surface area contributed by atoms with Crippen LogP contribution in [0.4, 0.5) is 0 Å². The van der Waals surface area contributed by atoms with Gasteiger partial charge in [0, 0.05) is 5.41 Å². The van der Waals surface area contributed by atoms with E-state index in [1.807, 2.05) is 0 Å². The molecule has 0 bridgehead atoms. The Morgan fingerprint density at radius 1 is 1.38 bits per heavy atom. The zero-order valence-corrected chi connectivity index (χ0v) is 8.67. The largest absolute Gasteiger partial charge is 0.389 e. The topological polar surface area (TPSA) is 20.2 Å². The van der Waals surface area contributed by atoms with Gasteiger partial charge in [-0.15, -0.1) is 0 Å². The zero-order chi connectivity index (χ0) is 9.69. The van der Waals surface area contributed by atoms with Gasteiger partial charge in [-0.1, -0.05) is 44.6 Å². The molecular formula is C12H18O. The molecule has 0 amide bonds. The van der Waals surface area contributed by atoms with E-state index in [0.717, 1.165) is 12.8 Å². The van der Waals surface area contributed by atoms with E-state index in [4.69, 9.17) is 0 Å². The van der Waals surface area contributed by atoms with Crippen LogP contribution in [0.1, 0.15) is 33.6 Å². The fraction of sp³-hybridized carbons (Fsp3) is 0.667. The van der Waals surface area contributed by atoms with Crippen molar-refractivity contribution >= 4 is 0 Å². The van der Waals surface area contributed by atoms with Crippen LogP contribution in [-0.2, 0) is 0 Å². The highest BCUT2D eigenvalue weighted by atomic mass is 16.3. The first kappa shape index (κ1) is 9.01. The maximum atomic E-state index is 9.65. The van der Waals surface area contributed by atoms with Crippen molar-refractivity contribution in [3.8, 4) is 0 Å². The van der Waals surface area contributed by atoms with Crippen LogP contribution >= 0.6 is 0 Å². The average Bonchev–Trinajstić information content (AvgIpc) is 2.25. The smallest absolute Gasteiger partial charge is 0.0735 e. The molecule has 2 aliphatic carbocycles. The lowest BCUT2D eigenvalue weighted by Gasteiger charge is -2.39. The predicted molar refractivity (Wildman–Crippen MR) is 54.4 cm³/mol. The number of hydrogen-bond donors (Lipinski definition) is 1. The summed E-state index contributed by atoms with van der Waals surface area (Å²) in [5.41, 5.74) is 1.79. The second kappa shape index (κ2) is 2.48. The van der Waals surface area contributed by atoms with Crippen LogP contribution < -0.4 is 0 Å². The summed E-state index contributed by atoms with van der Waals surface area (Å²) in [5, 5.41) is 9.65. The van der Waals surface area contributed by atoms with Crippen LogP contribution in [0.15, 0.2) is 23.8 Å². The fourth-order valence-electron chi connectivity index (χ4n) is 2.87. The predicted octanol–water partition coefficient (Wildman–Crippen LogP) is 2.67. The molecule has 0 aromatic carbocycles. The summed E-state index contributed by atoms with van der Waals surface area (Å²) in [6, 6.07) is 0. The Morgan fingerprint density at radius 2 is 2.08 bits per heavy atom. The summed E-state index contributed by atoms with van der Waals surface area (Å²) >= 11 is 0. The summed E-state index contributed by atoms with van der Waals surface area (Å²) in [5.74, 6) is 0. The molecule has 1 N–H and O–H groups in total. The Labute approximate surface area is 80.2 Å². The molecule has 0 aromatic heterocycles. The van der Waals surface area contributed by atoms with Crippen molar-refractivity contribution in [3.63, 3.8) is 0 Å². The van der Waals surface area contributed by atoms with Crippen molar-refractivity contribution in [3.05, 3.63) is 23.8 Å². The molecule has 1 nitrogen and oxygen atoms in total. The minimum absolute atomic E-state index is 0.126. The minimum Gasteiger partial charge on any atom is -0.389 e. The third kappa shape index (κ3) is 1.26. The van der Waals surface area contributed by atoms with E-state index in [0.29, 0.717) is 0 Å². The summed E-state index contributed by atoms with van der Waals surface area (Å²) in [4.78, 5) is 0. The van der Waals surface area contributed by atoms with E-state index < -0.39 is 0 Å². The molecule has 72 valence electrons. The van der Waals surface area contributed by atoms with Crippen LogP contribution in [0.3, 0.4) is 0 Å². The maximum absolute atomic E-state index is 9.65. The number of aliphatic hydroxyl groups excluding tert-OH is 1. The first-order valence-corrected chi connectivity index (χ1v) is 5.03. The molecule has 0 heterocycles. The lowest BCUT2D eigenvalue weighted by molar-refractivity contribution is 0.193. The van der Waals surface area contributed by atoms with Crippen LogP contribution in [0.25, 0.3) is 0 Å². The van der Waals surface area contributed by atoms with E-state index in [9.17, 15) is 5.11 Å². The van der Waals surface area contributed by atoms with E-state index in [1.165, 1.54) is 5.57 Å². The van der Waals surface area contributed by atoms with Crippen LogP contribution in [0.2, 0.25) is 0 Å². The highest BCUT2D eigenvalue weighted by Gasteiger charge is 2.43. The van der Waals surface area contributed by atoms with Crippen molar-refractivity contribution in [2.45, 2.75) is 39.7 Å². The molecule has 0 saturated carbocycles. The first-order chi connectivity index (χ1) is 5.94. The third-order valence-corrected chi connectivity index (χ3v) is 3.45. The summed E-state index contributed by atoms with van der Waals surface area (Å²) in [7, 11) is 0. The van der Waals surface area contributed by atoms with Gasteiger partial charge in [0.1, 0.15) is 0 Å². The van der Waals surface area contributed by atoms with Gasteiger partial charge in [-0.3, -0.25) is 0 Å². The Kier molecular flexibility index (Phi) is 1.72. The standard InChI is InChI=1S/C12H18O/c1-11(2)5-4-6-12(3)8-9(13)7-10(11)12/h4,6-7,9,13H,5,8H2,1-3H3/t9-,12+/m1/s1. The maximum Gasteiger partial charge on any atom is 0.0735 e. The van der Waals surface area contributed by atoms with E-state index in [2.05, 4.69) is 39.0 Å². The SMILES string of the molecule is CC1(C)CC=C[C@@]2(C)C[C@H](O)C=C12. The number of aliphatic hydroxyl groups is 1. The third-order valence-electron chi connectivity index (χ3n) is 3.45. The molecule has 0 aromatic rings. The average molecular weight is 178 g/mol. The first-order valence-electron chi connectivity index (χ1n) is 5.03. The molecule has 0 spiro atoms. The molecule has 0 saturated heterocycles. The van der Waals surface area contributed by atoms with Crippen molar-refractivity contribution in [1.29, 1.82) is 0 Å². The van der Waals surface area contributed by atoms with Crippen LogP contribution in [0.5, 0.6) is 0 Å². The number of fused-ring (bicyclic) bond motifs is 1. The van der Waals surface area contributed by atoms with Crippen LogP contribution in [0, 0.1) is 10.8 Å². The fourth-order valence-corrected chi connectivity index (χ4v) is 2.87. The van der Waals surface area contributed by atoms with E-state index >= 15 is 0 Å². The number of rotatable bonds is 0. The molecule has 0 fully saturated rings. The van der Waals surface area contributed by atoms with Gasteiger partial charge in [-0.2, -0.15) is 0 Å². The monoisotopic (exact) mass is 178 g/mol. The second-order valence-corrected chi connectivity index (χ2v) is 5.26. The molecule has 13 heavy (non-hydrogen) atoms. The van der Waals surface area contributed by atoms with Gasteiger partial charge in [0.15, 0.2) is 0 Å². The van der Waals surface area contributed by atoms with Crippen molar-refractivity contribution in [2.24, 2.45) is 10.8 Å². The second-order valence-electron chi connectivity index (χ2n) is 5.26. The molecule has 2 atom stereocenters. The van der Waals surface area contributed by atoms with Gasteiger partial charge in [0.05, 0.1) is 6.10 Å². The Morgan fingerprint density at radius 3 is 2.69 bits per heavy atom. The molecule has 1 heteroatoms. The van der Waals surface area contributed by atoms with Gasteiger partial charge < -0.3 is 5.11 Å². The van der Waals surface area contributed by atoms with Gasteiger partial charge in [-0.05, 0) is 18.3 Å². The van der Waals surface area contributed by atoms with Crippen molar-refractivity contribution in [1.82, 2.24) is 0 Å². The Hall–Kier alpha value is -0.560. The zero-order valence-electron chi connectivity index (χ0n) is 8.67. The van der Waals surface area contributed by atoms with Crippen LogP contribution in [-0.4, -0.2) is 11.2 Å². The number of allylic oxidation sites excluding steroid dienone is 3. The number of hydrogen-bond acceptors (Lipinski definition) is 1. The molecular weight excluding hydrogens is 160 g/mol. The Bertz CT molecular complexity index is 285. The van der Waals surface area contributed by atoms with Gasteiger partial charge >= 0.3 is 0 Å². The van der Waals surface area contributed by atoms with Gasteiger partial charge in [0.25, 0.3) is 0 Å². The summed E-state index contributed by atoms with van der Waals surface area (Å²) < 4.78 is 0. The highest BCUT2D eigenvalue weighted by Crippen LogP contribution is 2.52. The summed E-state index contributed by atoms with van der Waals surface area (Å²) in [6.07, 6.45) is 8.31. The molecule has 2 aliphatic rings. The molecule has 0 unspecified atom stereocenters. The lowest BCUT2D eigenvalue weighted by Crippen LogP contribution is -2.28. The molecule has 0 radical (unpaired) electrons. The van der Waals surface area contributed by atoms with Crippen molar-refractivity contribution < 1.29 is 5.11 Å². The van der Waals surface area contributed by atoms with Gasteiger partial charge in [-0.25, -0.2) is 0 Å². The molecule has 2 rings (SSSR count). The highest BCUT2D eigenvalue weighted by molar-refractivity contribution is 5.36. The lowest BCUT2D eigenvalue weighted by atomic mass is 9.65. The van der Waals surface area contributed by atoms with Crippen molar-refractivity contribution in [2.75, 3.05) is 0 Å².